The van der Waals surface area contributed by atoms with Crippen molar-refractivity contribution in [2.75, 3.05) is 6.54 Å². The molecule has 80 valence electrons. The first-order valence-corrected chi connectivity index (χ1v) is 5.32. The lowest BCUT2D eigenvalue weighted by atomic mass is 9.88. The largest absolute Gasteiger partial charge is 0.342 e. The Balaban J connectivity index is 2.31. The van der Waals surface area contributed by atoms with Crippen LogP contribution in [0, 0.1) is 0 Å². The van der Waals surface area contributed by atoms with Crippen molar-refractivity contribution in [3.05, 3.63) is 0 Å². The summed E-state index contributed by atoms with van der Waals surface area (Å²) in [5.74, 6) is 0. The first-order valence-electron chi connectivity index (χ1n) is 4.91. The second kappa shape index (κ2) is 2.59. The van der Waals surface area contributed by atoms with Gasteiger partial charge in [0.1, 0.15) is 11.3 Å². The van der Waals surface area contributed by atoms with Crippen LogP contribution in [0.5, 0.6) is 0 Å². The summed E-state index contributed by atoms with van der Waals surface area (Å²) in [7, 11) is 0. The number of nitrogens with one attached hydrogen (secondary N) is 4. The summed E-state index contributed by atoms with van der Waals surface area (Å²) >= 11 is 5.15. The molecule has 2 atom stereocenters. The molecule has 2 unspecified atom stereocenters. The Morgan fingerprint density at radius 2 is 1.64 bits per heavy atom. The average Bonchev–Trinajstić information content (AvgIpc) is 2.18. The van der Waals surface area contributed by atoms with Gasteiger partial charge in [0.15, 0.2) is 5.11 Å². The summed E-state index contributed by atoms with van der Waals surface area (Å²) in [4.78, 5) is 0. The third kappa shape index (κ3) is 1.31. The zero-order valence-electron chi connectivity index (χ0n) is 9.12. The molecule has 4 N–H and O–H groups in total. The molecule has 0 aromatic carbocycles. The quantitative estimate of drug-likeness (QED) is 0.423. The fourth-order valence-corrected chi connectivity index (χ4v) is 2.64. The van der Waals surface area contributed by atoms with Crippen LogP contribution in [0.25, 0.3) is 0 Å². The van der Waals surface area contributed by atoms with Gasteiger partial charge in [-0.1, -0.05) is 0 Å². The molecule has 5 heteroatoms. The van der Waals surface area contributed by atoms with E-state index in [0.29, 0.717) is 5.11 Å². The monoisotopic (exact) mass is 214 g/mol. The summed E-state index contributed by atoms with van der Waals surface area (Å²) in [5.41, 5.74) is -0.367. The molecule has 0 aliphatic carbocycles. The maximum Gasteiger partial charge on any atom is 0.169 e. The van der Waals surface area contributed by atoms with Gasteiger partial charge in [0, 0.05) is 12.1 Å². The van der Waals surface area contributed by atoms with Crippen LogP contribution < -0.4 is 21.3 Å². The smallest absolute Gasteiger partial charge is 0.169 e. The van der Waals surface area contributed by atoms with Gasteiger partial charge in [0.25, 0.3) is 0 Å². The molecule has 2 heterocycles. The van der Waals surface area contributed by atoms with Crippen molar-refractivity contribution in [3.8, 4) is 0 Å². The Hall–Kier alpha value is -0.390. The van der Waals surface area contributed by atoms with Gasteiger partial charge >= 0.3 is 0 Å². The van der Waals surface area contributed by atoms with Gasteiger partial charge in [-0.3, -0.25) is 10.6 Å². The summed E-state index contributed by atoms with van der Waals surface area (Å²) in [6.45, 7) is 9.49. The van der Waals surface area contributed by atoms with Crippen LogP contribution in [-0.4, -0.2) is 28.5 Å². The molecular formula is C9H18N4S. The summed E-state index contributed by atoms with van der Waals surface area (Å²) in [6, 6.07) is 0. The van der Waals surface area contributed by atoms with Gasteiger partial charge in [-0.2, -0.15) is 0 Å². The van der Waals surface area contributed by atoms with E-state index in [1.54, 1.807) is 0 Å². The molecule has 2 fully saturated rings. The van der Waals surface area contributed by atoms with E-state index in [2.05, 4.69) is 49.0 Å². The third-order valence-electron chi connectivity index (χ3n) is 3.20. The van der Waals surface area contributed by atoms with Crippen LogP contribution in [0.1, 0.15) is 27.7 Å². The Labute approximate surface area is 90.2 Å². The van der Waals surface area contributed by atoms with Crippen molar-refractivity contribution in [1.29, 1.82) is 0 Å². The molecule has 0 bridgehead atoms. The van der Waals surface area contributed by atoms with E-state index in [0.717, 1.165) is 6.54 Å². The predicted octanol–water partition coefficient (Wildman–Crippen LogP) is -0.132. The van der Waals surface area contributed by atoms with E-state index >= 15 is 0 Å². The van der Waals surface area contributed by atoms with Gasteiger partial charge in [0.05, 0.1) is 0 Å². The molecule has 4 nitrogen and oxygen atoms in total. The van der Waals surface area contributed by atoms with Crippen LogP contribution in [0.15, 0.2) is 0 Å². The molecule has 0 spiro atoms. The molecule has 2 saturated heterocycles. The Morgan fingerprint density at radius 3 is 2.29 bits per heavy atom. The number of rotatable bonds is 0. The third-order valence-corrected chi connectivity index (χ3v) is 3.40. The van der Waals surface area contributed by atoms with Gasteiger partial charge < -0.3 is 10.6 Å². The summed E-state index contributed by atoms with van der Waals surface area (Å²) in [6.07, 6.45) is 0. The molecule has 0 radical (unpaired) electrons. The molecule has 0 amide bonds. The van der Waals surface area contributed by atoms with Crippen molar-refractivity contribution in [1.82, 2.24) is 21.3 Å². The number of piperazine rings is 1. The molecule has 0 aromatic rings. The Bertz CT molecular complexity index is 291. The molecule has 2 rings (SSSR count). The number of fused-ring (bicyclic) bond motifs is 1. The number of thiocarbonyl (C=S) groups is 1. The molecule has 0 saturated carbocycles. The zero-order valence-corrected chi connectivity index (χ0v) is 9.93. The van der Waals surface area contributed by atoms with Crippen LogP contribution in [-0.2, 0) is 0 Å². The van der Waals surface area contributed by atoms with Crippen molar-refractivity contribution in [3.63, 3.8) is 0 Å². The molecule has 2 aliphatic rings. The van der Waals surface area contributed by atoms with Crippen molar-refractivity contribution < 1.29 is 0 Å². The Morgan fingerprint density at radius 1 is 1.07 bits per heavy atom. The number of hydrogen-bond acceptors (Lipinski definition) is 3. The lowest BCUT2D eigenvalue weighted by Gasteiger charge is -2.51. The van der Waals surface area contributed by atoms with Crippen molar-refractivity contribution >= 4 is 17.3 Å². The van der Waals surface area contributed by atoms with Crippen molar-refractivity contribution in [2.24, 2.45) is 0 Å². The normalized spacial score (nSPS) is 45.3. The van der Waals surface area contributed by atoms with Gasteiger partial charge in [-0.05, 0) is 39.9 Å². The minimum atomic E-state index is -0.230. The van der Waals surface area contributed by atoms with Gasteiger partial charge in [0.2, 0.25) is 0 Å². The Kier molecular flexibility index (Phi) is 1.88. The lowest BCUT2D eigenvalue weighted by Crippen LogP contribution is -2.80. The highest BCUT2D eigenvalue weighted by atomic mass is 32.1. The van der Waals surface area contributed by atoms with E-state index in [1.165, 1.54) is 0 Å². The number of hydrogen-bond donors (Lipinski definition) is 4. The second-order valence-corrected chi connectivity index (χ2v) is 5.60. The highest BCUT2D eigenvalue weighted by molar-refractivity contribution is 7.80. The highest BCUT2D eigenvalue weighted by Crippen LogP contribution is 2.28. The molecular weight excluding hydrogens is 196 g/mol. The van der Waals surface area contributed by atoms with E-state index < -0.39 is 0 Å². The van der Waals surface area contributed by atoms with Crippen LogP contribution in [0.2, 0.25) is 0 Å². The van der Waals surface area contributed by atoms with Crippen LogP contribution >= 0.6 is 12.2 Å². The minimum Gasteiger partial charge on any atom is -0.342 e. The van der Waals surface area contributed by atoms with E-state index in [9.17, 15) is 0 Å². The van der Waals surface area contributed by atoms with Crippen LogP contribution in [0.4, 0.5) is 0 Å². The molecule has 0 aromatic heterocycles. The summed E-state index contributed by atoms with van der Waals surface area (Å²) < 4.78 is 0. The fourth-order valence-electron chi connectivity index (χ4n) is 2.23. The second-order valence-electron chi connectivity index (χ2n) is 5.19. The lowest BCUT2D eigenvalue weighted by molar-refractivity contribution is 0.0655. The first-order chi connectivity index (χ1) is 6.27. The molecule has 2 aliphatic heterocycles. The van der Waals surface area contributed by atoms with Gasteiger partial charge in [-0.25, -0.2) is 0 Å². The SMILES string of the molecule is CC1(C)CNC2(C)NC(=S)NC2(C)N1. The van der Waals surface area contributed by atoms with E-state index in [1.807, 2.05) is 0 Å². The van der Waals surface area contributed by atoms with E-state index in [4.69, 9.17) is 12.2 Å². The highest BCUT2D eigenvalue weighted by Gasteiger charge is 2.55. The standard InChI is InChI=1S/C9H18N4S/c1-7(2)5-10-8(3)9(4,13-7)12-6(14)11-8/h10,13H,5H2,1-4H3,(H2,11,12,14). The average molecular weight is 214 g/mol. The van der Waals surface area contributed by atoms with E-state index in [-0.39, 0.29) is 16.9 Å². The maximum atomic E-state index is 5.15. The maximum absolute atomic E-state index is 5.15. The zero-order chi connectivity index (χ0) is 10.6. The topological polar surface area (TPSA) is 48.1 Å². The summed E-state index contributed by atoms with van der Waals surface area (Å²) in [5, 5.41) is 14.3. The van der Waals surface area contributed by atoms with Gasteiger partial charge in [-0.15, -0.1) is 0 Å². The molecule has 14 heavy (non-hydrogen) atoms. The first kappa shape index (κ1) is 10.1. The predicted molar refractivity (Wildman–Crippen MR) is 60.9 cm³/mol. The minimum absolute atomic E-state index is 0.0723. The van der Waals surface area contributed by atoms with Crippen molar-refractivity contribution in [2.45, 2.75) is 44.6 Å². The fraction of sp³-hybridized carbons (Fsp3) is 0.889. The van der Waals surface area contributed by atoms with Crippen LogP contribution in [0.3, 0.4) is 0 Å².